The Morgan fingerprint density at radius 3 is 2.94 bits per heavy atom. The molecule has 0 atom stereocenters. The van der Waals surface area contributed by atoms with E-state index in [0.717, 1.165) is 10.9 Å². The smallest absolute Gasteiger partial charge is 0.0601 e. The van der Waals surface area contributed by atoms with Crippen LogP contribution < -0.4 is 0 Å². The van der Waals surface area contributed by atoms with Gasteiger partial charge in [-0.3, -0.25) is 0 Å². The van der Waals surface area contributed by atoms with Gasteiger partial charge in [-0.25, -0.2) is 0 Å². The topological polar surface area (TPSA) is 19.0 Å². The largest absolute Gasteiger partial charge is 0.360 e. The molecule has 0 radical (unpaired) electrons. The van der Waals surface area contributed by atoms with Crippen molar-refractivity contribution < 1.29 is 0 Å². The number of hydrogen-bond donors (Lipinski definition) is 1. The fourth-order valence-electron chi connectivity index (χ4n) is 2.27. The van der Waals surface area contributed by atoms with E-state index in [-0.39, 0.29) is 0 Å². The van der Waals surface area contributed by atoms with E-state index in [1.165, 1.54) is 42.5 Å². The lowest BCUT2D eigenvalue weighted by molar-refractivity contribution is 0.184. The molecule has 0 saturated carbocycles. The van der Waals surface area contributed by atoms with Crippen molar-refractivity contribution in [3.05, 3.63) is 34.4 Å². The minimum atomic E-state index is 1.15. The van der Waals surface area contributed by atoms with Crippen molar-refractivity contribution in [3.63, 3.8) is 0 Å². The Labute approximate surface area is 104 Å². The van der Waals surface area contributed by atoms with Gasteiger partial charge in [0.05, 0.1) is 5.52 Å². The molecule has 1 aliphatic rings. The summed E-state index contributed by atoms with van der Waals surface area (Å²) in [4.78, 5) is 5.86. The molecule has 1 N–H and O–H groups in total. The number of rotatable bonds is 3. The first kappa shape index (κ1) is 10.4. The van der Waals surface area contributed by atoms with Crippen molar-refractivity contribution in [1.82, 2.24) is 9.88 Å². The van der Waals surface area contributed by atoms with E-state index in [1.807, 2.05) is 0 Å². The van der Waals surface area contributed by atoms with Gasteiger partial charge in [0.1, 0.15) is 0 Å². The second-order valence-electron chi connectivity index (χ2n) is 4.42. The first-order valence-electron chi connectivity index (χ1n) is 5.81. The molecular weight excluding hydrogens is 264 g/mol. The number of halogens is 1. The normalized spacial score (nSPS) is 16.6. The number of aromatic amines is 1. The zero-order chi connectivity index (χ0) is 11.0. The Kier molecular flexibility index (Phi) is 2.74. The van der Waals surface area contributed by atoms with Crippen LogP contribution in [-0.2, 0) is 6.42 Å². The number of fused-ring (bicyclic) bond motifs is 1. The highest BCUT2D eigenvalue weighted by Gasteiger charge is 2.14. The van der Waals surface area contributed by atoms with E-state index in [4.69, 9.17) is 0 Å². The maximum absolute atomic E-state index is 3.57. The van der Waals surface area contributed by atoms with E-state index in [1.54, 1.807) is 0 Å². The number of para-hydroxylation sites is 1. The van der Waals surface area contributed by atoms with Crippen LogP contribution in [0.15, 0.2) is 28.9 Å². The van der Waals surface area contributed by atoms with Gasteiger partial charge < -0.3 is 9.88 Å². The second-order valence-corrected chi connectivity index (χ2v) is 5.28. The molecule has 1 aromatic heterocycles. The van der Waals surface area contributed by atoms with Crippen molar-refractivity contribution in [1.29, 1.82) is 0 Å². The van der Waals surface area contributed by atoms with Gasteiger partial charge in [-0.05, 0) is 53.5 Å². The van der Waals surface area contributed by atoms with Gasteiger partial charge in [-0.2, -0.15) is 0 Å². The van der Waals surface area contributed by atoms with E-state index in [0.29, 0.717) is 0 Å². The average molecular weight is 279 g/mol. The number of aromatic nitrogens is 1. The SMILES string of the molecule is Brc1cccc2c(CCN3CCC3)c[nH]c12. The third kappa shape index (κ3) is 1.78. The maximum atomic E-state index is 3.57. The quantitative estimate of drug-likeness (QED) is 0.914. The molecule has 1 aliphatic heterocycles. The van der Waals surface area contributed by atoms with E-state index < -0.39 is 0 Å². The van der Waals surface area contributed by atoms with Crippen LogP contribution in [0.25, 0.3) is 10.9 Å². The first-order valence-corrected chi connectivity index (χ1v) is 6.61. The molecule has 0 spiro atoms. The van der Waals surface area contributed by atoms with Gasteiger partial charge in [0.25, 0.3) is 0 Å². The molecule has 0 bridgehead atoms. The summed E-state index contributed by atoms with van der Waals surface area (Å²) in [5, 5.41) is 1.36. The fourth-order valence-corrected chi connectivity index (χ4v) is 2.75. The van der Waals surface area contributed by atoms with Gasteiger partial charge in [0, 0.05) is 22.6 Å². The molecule has 16 heavy (non-hydrogen) atoms. The highest BCUT2D eigenvalue weighted by molar-refractivity contribution is 9.10. The molecule has 1 fully saturated rings. The fraction of sp³-hybridized carbons (Fsp3) is 0.385. The summed E-state index contributed by atoms with van der Waals surface area (Å²) in [5.41, 5.74) is 2.66. The number of benzene rings is 1. The number of H-pyrrole nitrogens is 1. The molecule has 3 heteroatoms. The van der Waals surface area contributed by atoms with Crippen LogP contribution in [0.2, 0.25) is 0 Å². The van der Waals surface area contributed by atoms with E-state index in [9.17, 15) is 0 Å². The minimum Gasteiger partial charge on any atom is -0.360 e. The molecule has 2 nitrogen and oxygen atoms in total. The molecule has 2 aromatic rings. The second kappa shape index (κ2) is 4.22. The Bertz CT molecular complexity index is 500. The van der Waals surface area contributed by atoms with Gasteiger partial charge >= 0.3 is 0 Å². The van der Waals surface area contributed by atoms with Crippen LogP contribution in [-0.4, -0.2) is 29.5 Å². The lowest BCUT2D eigenvalue weighted by Gasteiger charge is -2.30. The average Bonchev–Trinajstić information content (AvgIpc) is 2.61. The zero-order valence-corrected chi connectivity index (χ0v) is 10.8. The van der Waals surface area contributed by atoms with Gasteiger partial charge in [-0.15, -0.1) is 0 Å². The minimum absolute atomic E-state index is 1.15. The standard InChI is InChI=1S/C13H15BrN2/c14-12-4-1-3-11-10(9-15-13(11)12)5-8-16-6-2-7-16/h1,3-4,9,15H,2,5-8H2. The predicted molar refractivity (Wildman–Crippen MR) is 70.8 cm³/mol. The maximum Gasteiger partial charge on any atom is 0.0601 e. The van der Waals surface area contributed by atoms with Crippen LogP contribution in [0.4, 0.5) is 0 Å². The summed E-state index contributed by atoms with van der Waals surface area (Å²) >= 11 is 3.57. The Balaban J connectivity index is 1.83. The third-order valence-corrected chi connectivity index (χ3v) is 4.06. The van der Waals surface area contributed by atoms with Crippen molar-refractivity contribution in [2.75, 3.05) is 19.6 Å². The predicted octanol–water partition coefficient (Wildman–Crippen LogP) is 3.18. The van der Waals surface area contributed by atoms with Crippen LogP contribution in [0, 0.1) is 0 Å². The Morgan fingerprint density at radius 1 is 1.31 bits per heavy atom. The number of nitrogens with zero attached hydrogens (tertiary/aromatic N) is 1. The molecular formula is C13H15BrN2. The van der Waals surface area contributed by atoms with Crippen LogP contribution in [0.5, 0.6) is 0 Å². The lowest BCUT2D eigenvalue weighted by atomic mass is 10.1. The number of likely N-dealkylation sites (tertiary alicyclic amines) is 1. The monoisotopic (exact) mass is 278 g/mol. The summed E-state index contributed by atoms with van der Waals surface area (Å²) in [5.74, 6) is 0. The highest BCUT2D eigenvalue weighted by atomic mass is 79.9. The summed E-state index contributed by atoms with van der Waals surface area (Å²) in [6.07, 6.45) is 4.67. The molecule has 0 aliphatic carbocycles. The van der Waals surface area contributed by atoms with E-state index in [2.05, 4.69) is 50.2 Å². The molecule has 1 saturated heterocycles. The molecule has 0 unspecified atom stereocenters. The van der Waals surface area contributed by atoms with Gasteiger partial charge in [0.15, 0.2) is 0 Å². The van der Waals surface area contributed by atoms with Crippen LogP contribution >= 0.6 is 15.9 Å². The van der Waals surface area contributed by atoms with Crippen molar-refractivity contribution in [2.45, 2.75) is 12.8 Å². The number of hydrogen-bond acceptors (Lipinski definition) is 1. The molecule has 3 rings (SSSR count). The zero-order valence-electron chi connectivity index (χ0n) is 9.17. The first-order chi connectivity index (χ1) is 7.84. The summed E-state index contributed by atoms with van der Waals surface area (Å²) in [6.45, 7) is 3.76. The van der Waals surface area contributed by atoms with Crippen LogP contribution in [0.1, 0.15) is 12.0 Å². The summed E-state index contributed by atoms with van der Waals surface area (Å²) < 4.78 is 1.15. The summed E-state index contributed by atoms with van der Waals surface area (Å²) in [6, 6.07) is 6.38. The van der Waals surface area contributed by atoms with E-state index >= 15 is 0 Å². The van der Waals surface area contributed by atoms with Crippen LogP contribution in [0.3, 0.4) is 0 Å². The van der Waals surface area contributed by atoms with Gasteiger partial charge in [-0.1, -0.05) is 12.1 Å². The Hall–Kier alpha value is -0.800. The van der Waals surface area contributed by atoms with Crippen molar-refractivity contribution in [3.8, 4) is 0 Å². The van der Waals surface area contributed by atoms with Crippen molar-refractivity contribution in [2.24, 2.45) is 0 Å². The Morgan fingerprint density at radius 2 is 2.19 bits per heavy atom. The van der Waals surface area contributed by atoms with Crippen molar-refractivity contribution >= 4 is 26.8 Å². The highest BCUT2D eigenvalue weighted by Crippen LogP contribution is 2.26. The lowest BCUT2D eigenvalue weighted by Crippen LogP contribution is -2.38. The molecule has 1 aromatic carbocycles. The number of nitrogens with one attached hydrogen (secondary N) is 1. The third-order valence-electron chi connectivity index (χ3n) is 3.40. The molecule has 0 amide bonds. The molecule has 2 heterocycles. The molecule has 84 valence electrons. The van der Waals surface area contributed by atoms with Gasteiger partial charge in [0.2, 0.25) is 0 Å². The summed E-state index contributed by atoms with van der Waals surface area (Å²) in [7, 11) is 0.